The summed E-state index contributed by atoms with van der Waals surface area (Å²) in [6.45, 7) is 2.11. The van der Waals surface area contributed by atoms with E-state index in [1.54, 1.807) is 30.3 Å². The molecular weight excluding hydrogens is 514 g/mol. The molecule has 0 unspecified atom stereocenters. The van der Waals surface area contributed by atoms with Crippen molar-refractivity contribution in [2.24, 2.45) is 5.73 Å². The standard InChI is InChI=1S/C26H20BrN3O3S/c1-16-6-4-7-17(12-16)15-30-22-11-3-2-10-20(22)24-25(34(30,31)32)23(21(14-28)26(29)33-24)18-8-5-9-19(27)13-18/h2-13,23H,15,29H2,1H3/t23-/m0/s1. The number of sulfonamides is 1. The summed E-state index contributed by atoms with van der Waals surface area (Å²) in [5.74, 6) is -0.828. The summed E-state index contributed by atoms with van der Waals surface area (Å²) >= 11 is 3.45. The van der Waals surface area contributed by atoms with Gasteiger partial charge >= 0.3 is 0 Å². The molecule has 6 nitrogen and oxygen atoms in total. The molecule has 2 aliphatic rings. The first kappa shape index (κ1) is 22.3. The second-order valence-electron chi connectivity index (χ2n) is 8.19. The molecule has 0 saturated heterocycles. The van der Waals surface area contributed by atoms with Crippen LogP contribution in [0.1, 0.15) is 28.2 Å². The Hall–Kier alpha value is -3.54. The molecule has 0 aromatic heterocycles. The summed E-state index contributed by atoms with van der Waals surface area (Å²) in [5, 5.41) is 9.94. The van der Waals surface area contributed by atoms with Crippen molar-refractivity contribution in [2.45, 2.75) is 19.4 Å². The monoisotopic (exact) mass is 533 g/mol. The minimum absolute atomic E-state index is 0.0164. The number of ether oxygens (including phenoxy) is 1. The zero-order valence-corrected chi connectivity index (χ0v) is 20.6. The highest BCUT2D eigenvalue weighted by Crippen LogP contribution is 2.51. The lowest BCUT2D eigenvalue weighted by molar-refractivity contribution is 0.357. The first-order valence-corrected chi connectivity index (χ1v) is 12.8. The van der Waals surface area contributed by atoms with E-state index in [1.807, 2.05) is 49.4 Å². The molecule has 0 spiro atoms. The maximum absolute atomic E-state index is 14.2. The van der Waals surface area contributed by atoms with Crippen LogP contribution in [0.3, 0.4) is 0 Å². The van der Waals surface area contributed by atoms with Gasteiger partial charge < -0.3 is 10.5 Å². The van der Waals surface area contributed by atoms with Gasteiger partial charge in [-0.15, -0.1) is 0 Å². The molecule has 0 radical (unpaired) electrons. The molecule has 1 atom stereocenters. The van der Waals surface area contributed by atoms with Gasteiger partial charge in [-0.05, 0) is 42.3 Å². The van der Waals surface area contributed by atoms with E-state index in [2.05, 4.69) is 22.0 Å². The molecular formula is C26H20BrN3O3S. The number of anilines is 1. The number of aryl methyl sites for hydroxylation is 1. The third-order valence-corrected chi connectivity index (χ3v) is 8.32. The van der Waals surface area contributed by atoms with Crippen molar-refractivity contribution in [3.8, 4) is 6.07 Å². The van der Waals surface area contributed by atoms with E-state index in [1.165, 1.54) is 4.31 Å². The van der Waals surface area contributed by atoms with Gasteiger partial charge in [0.15, 0.2) is 5.76 Å². The number of nitriles is 1. The predicted octanol–water partition coefficient (Wildman–Crippen LogP) is 5.28. The molecule has 3 aromatic carbocycles. The van der Waals surface area contributed by atoms with Gasteiger partial charge in [-0.2, -0.15) is 5.26 Å². The van der Waals surface area contributed by atoms with E-state index >= 15 is 0 Å². The number of para-hydroxylation sites is 1. The minimum Gasteiger partial charge on any atom is -0.439 e. The number of nitrogens with two attached hydrogens (primary N) is 1. The molecule has 2 aliphatic heterocycles. The van der Waals surface area contributed by atoms with Crippen LogP contribution >= 0.6 is 15.9 Å². The van der Waals surface area contributed by atoms with Crippen LogP contribution in [0.2, 0.25) is 0 Å². The zero-order chi connectivity index (χ0) is 24.0. The topological polar surface area (TPSA) is 96.4 Å². The highest BCUT2D eigenvalue weighted by atomic mass is 79.9. The Morgan fingerprint density at radius 3 is 2.59 bits per heavy atom. The van der Waals surface area contributed by atoms with Gasteiger partial charge in [0.05, 0.1) is 18.2 Å². The molecule has 170 valence electrons. The molecule has 0 amide bonds. The Labute approximate surface area is 206 Å². The lowest BCUT2D eigenvalue weighted by Gasteiger charge is -2.38. The number of fused-ring (bicyclic) bond motifs is 2. The lowest BCUT2D eigenvalue weighted by atomic mass is 9.88. The summed E-state index contributed by atoms with van der Waals surface area (Å²) in [5.41, 5.74) is 9.86. The van der Waals surface area contributed by atoms with E-state index in [0.29, 0.717) is 16.8 Å². The van der Waals surface area contributed by atoms with Crippen LogP contribution in [0.5, 0.6) is 0 Å². The fraction of sp³-hybridized carbons (Fsp3) is 0.115. The second-order valence-corrected chi connectivity index (χ2v) is 10.9. The molecule has 3 aromatic rings. The molecule has 0 aliphatic carbocycles. The maximum atomic E-state index is 14.2. The van der Waals surface area contributed by atoms with Crippen LogP contribution in [0.25, 0.3) is 5.76 Å². The number of rotatable bonds is 3. The maximum Gasteiger partial charge on any atom is 0.265 e. The first-order chi connectivity index (χ1) is 16.3. The SMILES string of the molecule is Cc1cccc(CN2c3ccccc3C3=C([C@@H](c4cccc(Br)c4)C(C#N)=C(N)O3)S2(=O)=O)c1. The molecule has 8 heteroatoms. The average molecular weight is 534 g/mol. The normalized spacial score (nSPS) is 18.6. The molecule has 2 heterocycles. The van der Waals surface area contributed by atoms with Crippen LogP contribution in [0.15, 0.2) is 93.6 Å². The van der Waals surface area contributed by atoms with E-state index in [4.69, 9.17) is 10.5 Å². The van der Waals surface area contributed by atoms with Crippen LogP contribution in [0, 0.1) is 18.3 Å². The van der Waals surface area contributed by atoms with E-state index in [9.17, 15) is 13.7 Å². The van der Waals surface area contributed by atoms with E-state index in [-0.39, 0.29) is 28.7 Å². The highest BCUT2D eigenvalue weighted by molar-refractivity contribution is 9.10. The van der Waals surface area contributed by atoms with Crippen molar-refractivity contribution < 1.29 is 13.2 Å². The van der Waals surface area contributed by atoms with Gasteiger partial charge in [0, 0.05) is 10.0 Å². The summed E-state index contributed by atoms with van der Waals surface area (Å²) in [6, 6.07) is 24.2. The third kappa shape index (κ3) is 3.58. The minimum atomic E-state index is -4.09. The Balaban J connectivity index is 1.77. The molecule has 5 rings (SSSR count). The fourth-order valence-corrected chi connectivity index (χ4v) is 6.80. The fourth-order valence-electron chi connectivity index (χ4n) is 4.48. The molecule has 2 N–H and O–H groups in total. The number of benzene rings is 3. The average Bonchev–Trinajstić information content (AvgIpc) is 2.81. The largest absolute Gasteiger partial charge is 0.439 e. The van der Waals surface area contributed by atoms with Gasteiger partial charge in [0.2, 0.25) is 5.88 Å². The Bertz CT molecular complexity index is 1540. The van der Waals surface area contributed by atoms with Crippen LogP contribution in [0.4, 0.5) is 5.69 Å². The predicted molar refractivity (Wildman–Crippen MR) is 134 cm³/mol. The molecule has 34 heavy (non-hydrogen) atoms. The quantitative estimate of drug-likeness (QED) is 0.493. The van der Waals surface area contributed by atoms with Crippen LogP contribution in [-0.2, 0) is 21.3 Å². The van der Waals surface area contributed by atoms with E-state index in [0.717, 1.165) is 15.6 Å². The van der Waals surface area contributed by atoms with Gasteiger partial charge in [0.25, 0.3) is 10.0 Å². The number of allylic oxidation sites excluding steroid dienone is 2. The number of hydrogen-bond acceptors (Lipinski definition) is 5. The first-order valence-electron chi connectivity index (χ1n) is 10.6. The van der Waals surface area contributed by atoms with E-state index < -0.39 is 15.9 Å². The zero-order valence-electron chi connectivity index (χ0n) is 18.2. The molecule has 0 saturated carbocycles. The van der Waals surface area contributed by atoms with Crippen molar-refractivity contribution in [2.75, 3.05) is 4.31 Å². The second kappa shape index (κ2) is 8.35. The van der Waals surface area contributed by atoms with Gasteiger partial charge in [-0.25, -0.2) is 8.42 Å². The summed E-state index contributed by atoms with van der Waals surface area (Å²) in [4.78, 5) is 0.0164. The van der Waals surface area contributed by atoms with Gasteiger partial charge in [0.1, 0.15) is 16.5 Å². The summed E-state index contributed by atoms with van der Waals surface area (Å²) in [7, 11) is -4.09. The van der Waals surface area contributed by atoms with Crippen LogP contribution < -0.4 is 10.0 Å². The van der Waals surface area contributed by atoms with Crippen molar-refractivity contribution in [1.82, 2.24) is 0 Å². The molecule has 0 bridgehead atoms. The smallest absolute Gasteiger partial charge is 0.265 e. The lowest BCUT2D eigenvalue weighted by Crippen LogP contribution is -2.39. The van der Waals surface area contributed by atoms with Gasteiger partial charge in [-0.1, -0.05) is 70.0 Å². The van der Waals surface area contributed by atoms with Crippen LogP contribution in [-0.4, -0.2) is 8.42 Å². The number of hydrogen-bond donors (Lipinski definition) is 1. The summed E-state index contributed by atoms with van der Waals surface area (Å²) in [6.07, 6.45) is 0. The van der Waals surface area contributed by atoms with Gasteiger partial charge in [-0.3, -0.25) is 4.31 Å². The molecule has 0 fully saturated rings. The Morgan fingerprint density at radius 2 is 1.85 bits per heavy atom. The van der Waals surface area contributed by atoms with Crippen molar-refractivity contribution in [1.29, 1.82) is 5.26 Å². The summed E-state index contributed by atoms with van der Waals surface area (Å²) < 4.78 is 36.5. The number of nitrogens with zero attached hydrogens (tertiary/aromatic N) is 2. The van der Waals surface area contributed by atoms with Crippen molar-refractivity contribution in [3.63, 3.8) is 0 Å². The third-order valence-electron chi connectivity index (χ3n) is 5.95. The number of halogens is 1. The highest BCUT2D eigenvalue weighted by Gasteiger charge is 2.47. The Kier molecular flexibility index (Phi) is 5.47. The Morgan fingerprint density at radius 1 is 1.09 bits per heavy atom. The van der Waals surface area contributed by atoms with Crippen molar-refractivity contribution >= 4 is 37.4 Å². The van der Waals surface area contributed by atoms with Crippen molar-refractivity contribution in [3.05, 3.63) is 116 Å².